The zero-order chi connectivity index (χ0) is 14.9. The number of hydrogen-bond acceptors (Lipinski definition) is 3. The third-order valence-electron chi connectivity index (χ3n) is 2.75. The Labute approximate surface area is 118 Å². The topological polar surface area (TPSA) is 64.1 Å². The highest BCUT2D eigenvalue weighted by molar-refractivity contribution is 6.30. The predicted molar refractivity (Wildman–Crippen MR) is 73.5 cm³/mol. The smallest absolute Gasteiger partial charge is 0.334 e. The molecule has 0 fully saturated rings. The van der Waals surface area contributed by atoms with Gasteiger partial charge >= 0.3 is 5.69 Å². The van der Waals surface area contributed by atoms with Gasteiger partial charge in [-0.2, -0.15) is 0 Å². The molecule has 0 amide bonds. The van der Waals surface area contributed by atoms with Gasteiger partial charge in [-0.25, -0.2) is 13.8 Å². The minimum atomic E-state index is -0.728. The van der Waals surface area contributed by atoms with Crippen LogP contribution in [0, 0.1) is 12.7 Å². The zero-order valence-electron chi connectivity index (χ0n) is 10.9. The minimum absolute atomic E-state index is 0.0253. The molecule has 0 unspecified atom stereocenters. The Balaban J connectivity index is 2.64. The van der Waals surface area contributed by atoms with Gasteiger partial charge in [0.1, 0.15) is 5.15 Å². The molecule has 5 nitrogen and oxygen atoms in total. The fraction of sp³-hybridized carbons (Fsp3) is 0.231. The van der Waals surface area contributed by atoms with Crippen molar-refractivity contribution in [1.82, 2.24) is 9.55 Å². The van der Waals surface area contributed by atoms with Crippen molar-refractivity contribution in [3.05, 3.63) is 55.6 Å². The number of nitrogens with zero attached hydrogens (tertiary/aromatic N) is 1. The predicted octanol–water partition coefficient (Wildman–Crippen LogP) is 2.03. The lowest BCUT2D eigenvalue weighted by atomic mass is 10.2. The fourth-order valence-corrected chi connectivity index (χ4v) is 1.89. The Morgan fingerprint density at radius 1 is 1.40 bits per heavy atom. The monoisotopic (exact) mass is 298 g/mol. The molecule has 0 radical (unpaired) electrons. The second-order valence-corrected chi connectivity index (χ2v) is 4.44. The number of aromatic nitrogens is 2. The van der Waals surface area contributed by atoms with Gasteiger partial charge in [0, 0.05) is 6.07 Å². The summed E-state index contributed by atoms with van der Waals surface area (Å²) in [5, 5.41) is -0.0253. The molecule has 2 rings (SSSR count). The van der Waals surface area contributed by atoms with Crippen molar-refractivity contribution >= 4 is 11.6 Å². The van der Waals surface area contributed by atoms with Crippen LogP contribution in [0.1, 0.15) is 12.5 Å². The van der Waals surface area contributed by atoms with Crippen LogP contribution >= 0.6 is 11.6 Å². The van der Waals surface area contributed by atoms with Crippen LogP contribution in [-0.4, -0.2) is 16.2 Å². The number of nitrogens with one attached hydrogen (secondary N) is 1. The first kappa shape index (κ1) is 14.3. The Hall–Kier alpha value is -2.08. The molecule has 0 saturated carbocycles. The third kappa shape index (κ3) is 2.46. The summed E-state index contributed by atoms with van der Waals surface area (Å²) in [6.07, 6.45) is 0. The fourth-order valence-electron chi connectivity index (χ4n) is 1.73. The van der Waals surface area contributed by atoms with E-state index in [0.29, 0.717) is 6.61 Å². The highest BCUT2D eigenvalue weighted by Crippen LogP contribution is 2.19. The van der Waals surface area contributed by atoms with E-state index in [1.807, 2.05) is 0 Å². The van der Waals surface area contributed by atoms with Crippen LogP contribution in [0.4, 0.5) is 4.39 Å². The normalized spacial score (nSPS) is 10.6. The number of benzene rings is 1. The van der Waals surface area contributed by atoms with Crippen molar-refractivity contribution in [2.24, 2.45) is 0 Å². The van der Waals surface area contributed by atoms with E-state index < -0.39 is 17.1 Å². The molecule has 20 heavy (non-hydrogen) atoms. The van der Waals surface area contributed by atoms with E-state index >= 15 is 0 Å². The van der Waals surface area contributed by atoms with Gasteiger partial charge in [0.2, 0.25) is 0 Å². The summed E-state index contributed by atoms with van der Waals surface area (Å²) in [5.41, 5.74) is -1.03. The molecular weight excluding hydrogens is 287 g/mol. The quantitative estimate of drug-likeness (QED) is 0.882. The summed E-state index contributed by atoms with van der Waals surface area (Å²) < 4.78 is 19.7. The highest BCUT2D eigenvalue weighted by atomic mass is 35.5. The average Bonchev–Trinajstić information content (AvgIpc) is 2.39. The maximum absolute atomic E-state index is 13.8. The van der Waals surface area contributed by atoms with Crippen LogP contribution in [0.3, 0.4) is 0 Å². The second-order valence-electron chi connectivity index (χ2n) is 4.06. The number of ether oxygens (including phenoxy) is 1. The van der Waals surface area contributed by atoms with Gasteiger partial charge in [-0.1, -0.05) is 11.6 Å². The lowest BCUT2D eigenvalue weighted by molar-refractivity contribution is 0.321. The van der Waals surface area contributed by atoms with E-state index in [4.69, 9.17) is 16.3 Å². The Morgan fingerprint density at radius 3 is 2.70 bits per heavy atom. The molecule has 1 aromatic carbocycles. The Bertz CT molecular complexity index is 767. The SMILES string of the molecule is CCOc1ccc(-n2c(=O)[nH]c(Cl)c(C)c2=O)cc1F. The molecule has 0 bridgehead atoms. The van der Waals surface area contributed by atoms with Crippen LogP contribution in [0.2, 0.25) is 5.15 Å². The van der Waals surface area contributed by atoms with Gasteiger partial charge in [0.15, 0.2) is 11.6 Å². The molecule has 106 valence electrons. The summed E-state index contributed by atoms with van der Waals surface area (Å²) in [6.45, 7) is 3.52. The molecule has 1 aromatic heterocycles. The summed E-state index contributed by atoms with van der Waals surface area (Å²) in [7, 11) is 0. The van der Waals surface area contributed by atoms with Gasteiger partial charge < -0.3 is 4.74 Å². The molecule has 0 atom stereocenters. The number of halogens is 2. The standard InChI is InChI=1S/C13H12ClFN2O3/c1-3-20-10-5-4-8(6-9(10)15)17-12(18)7(2)11(14)16-13(17)19/h4-6H,3H2,1-2H3,(H,16,19). The van der Waals surface area contributed by atoms with Gasteiger partial charge in [0.25, 0.3) is 5.56 Å². The summed E-state index contributed by atoms with van der Waals surface area (Å²) in [5.74, 6) is -0.588. The van der Waals surface area contributed by atoms with Crippen molar-refractivity contribution in [2.45, 2.75) is 13.8 Å². The van der Waals surface area contributed by atoms with Gasteiger partial charge in [-0.15, -0.1) is 0 Å². The van der Waals surface area contributed by atoms with Gasteiger partial charge in [-0.05, 0) is 26.0 Å². The van der Waals surface area contributed by atoms with Crippen molar-refractivity contribution < 1.29 is 9.13 Å². The number of H-pyrrole nitrogens is 1. The van der Waals surface area contributed by atoms with Crippen molar-refractivity contribution in [2.75, 3.05) is 6.61 Å². The Morgan fingerprint density at radius 2 is 2.10 bits per heavy atom. The van der Waals surface area contributed by atoms with Crippen LogP contribution in [0.25, 0.3) is 5.69 Å². The van der Waals surface area contributed by atoms with E-state index in [0.717, 1.165) is 10.6 Å². The van der Waals surface area contributed by atoms with Crippen LogP contribution in [0.15, 0.2) is 27.8 Å². The highest BCUT2D eigenvalue weighted by Gasteiger charge is 2.12. The van der Waals surface area contributed by atoms with Gasteiger partial charge in [0.05, 0.1) is 17.9 Å². The molecule has 1 heterocycles. The van der Waals surface area contributed by atoms with Gasteiger partial charge in [-0.3, -0.25) is 9.78 Å². The maximum Gasteiger partial charge on any atom is 0.334 e. The van der Waals surface area contributed by atoms with Crippen LogP contribution < -0.4 is 16.0 Å². The molecule has 0 aliphatic heterocycles. The van der Waals surface area contributed by atoms with Crippen molar-refractivity contribution in [3.63, 3.8) is 0 Å². The van der Waals surface area contributed by atoms with E-state index in [-0.39, 0.29) is 22.2 Å². The van der Waals surface area contributed by atoms with E-state index in [1.54, 1.807) is 6.92 Å². The Kier molecular flexibility index (Phi) is 3.94. The second kappa shape index (κ2) is 5.50. The summed E-state index contributed by atoms with van der Waals surface area (Å²) in [4.78, 5) is 26.2. The minimum Gasteiger partial charge on any atom is -0.491 e. The number of rotatable bonds is 3. The van der Waals surface area contributed by atoms with Crippen molar-refractivity contribution in [1.29, 1.82) is 0 Å². The number of hydrogen-bond donors (Lipinski definition) is 1. The first-order chi connectivity index (χ1) is 9.45. The maximum atomic E-state index is 13.8. The lowest BCUT2D eigenvalue weighted by Crippen LogP contribution is -2.35. The first-order valence-electron chi connectivity index (χ1n) is 5.89. The van der Waals surface area contributed by atoms with Crippen molar-refractivity contribution in [3.8, 4) is 11.4 Å². The lowest BCUT2D eigenvalue weighted by Gasteiger charge is -2.09. The third-order valence-corrected chi connectivity index (χ3v) is 3.12. The van der Waals surface area contributed by atoms with Crippen LogP contribution in [0.5, 0.6) is 5.75 Å². The van der Waals surface area contributed by atoms with E-state index in [9.17, 15) is 14.0 Å². The molecule has 2 aromatic rings. The largest absolute Gasteiger partial charge is 0.491 e. The molecule has 0 aliphatic rings. The molecule has 0 aliphatic carbocycles. The first-order valence-corrected chi connectivity index (χ1v) is 6.27. The molecule has 0 spiro atoms. The van der Waals surface area contributed by atoms with Crippen LogP contribution in [-0.2, 0) is 0 Å². The molecular formula is C13H12ClFN2O3. The summed E-state index contributed by atoms with van der Waals surface area (Å²) >= 11 is 5.71. The molecule has 1 N–H and O–H groups in total. The van der Waals surface area contributed by atoms with E-state index in [1.165, 1.54) is 19.1 Å². The zero-order valence-corrected chi connectivity index (χ0v) is 11.6. The molecule has 7 heteroatoms. The average molecular weight is 299 g/mol. The number of aromatic amines is 1. The van der Waals surface area contributed by atoms with E-state index in [2.05, 4.69) is 4.98 Å². The summed E-state index contributed by atoms with van der Waals surface area (Å²) in [6, 6.07) is 3.86. The molecule has 0 saturated heterocycles.